The number of carbonyl (C=O) groups excluding carboxylic acids is 2. The number of ether oxygens (including phenoxy) is 2. The van der Waals surface area contributed by atoms with Crippen molar-refractivity contribution in [2.75, 3.05) is 52.4 Å². The van der Waals surface area contributed by atoms with Crippen molar-refractivity contribution in [1.82, 2.24) is 49.1 Å². The summed E-state index contributed by atoms with van der Waals surface area (Å²) in [7, 11) is 1.87. The number of aromatic amines is 1. The van der Waals surface area contributed by atoms with Gasteiger partial charge in [-0.1, -0.05) is 52.6 Å². The molecule has 4 atom stereocenters. The highest BCUT2D eigenvalue weighted by Crippen LogP contribution is 2.47. The predicted molar refractivity (Wildman–Crippen MR) is 288 cm³/mol. The van der Waals surface area contributed by atoms with Crippen molar-refractivity contribution in [2.24, 2.45) is 12.2 Å². The first kappa shape index (κ1) is 52.8. The normalized spacial score (nSPS) is 18.6. The molecule has 75 heavy (non-hydrogen) atoms. The largest absolute Gasteiger partial charge is 0.444 e. The first-order valence-electron chi connectivity index (χ1n) is 24.9. The number of piperazine rings is 2. The topological polar surface area (TPSA) is 207 Å². The van der Waals surface area contributed by atoms with E-state index in [1.54, 1.807) is 47.2 Å². The van der Waals surface area contributed by atoms with E-state index in [1.807, 2.05) is 126 Å². The molecule has 4 aliphatic rings. The molecule has 2 aliphatic heterocycles. The lowest BCUT2D eigenvalue weighted by atomic mass is 9.90. The molecule has 6 aromatic rings. The molecule has 4 aromatic heterocycles. The lowest BCUT2D eigenvalue weighted by Crippen LogP contribution is -2.51. The van der Waals surface area contributed by atoms with Crippen molar-refractivity contribution in [1.29, 1.82) is 0 Å². The molecule has 2 aliphatic carbocycles. The number of amides is 2. The average Bonchev–Trinajstić information content (AvgIpc) is 4.03. The molecule has 0 spiro atoms. The van der Waals surface area contributed by atoms with Crippen LogP contribution in [0.3, 0.4) is 0 Å². The van der Waals surface area contributed by atoms with Gasteiger partial charge < -0.3 is 33.9 Å². The molecule has 2 fully saturated rings. The summed E-state index contributed by atoms with van der Waals surface area (Å²) in [4.78, 5) is 57.7. The summed E-state index contributed by atoms with van der Waals surface area (Å²) in [5.74, 6) is 0. The summed E-state index contributed by atoms with van der Waals surface area (Å²) >= 11 is 13.0. The number of pyridine rings is 2. The third-order valence-corrected chi connectivity index (χ3v) is 14.0. The Morgan fingerprint density at radius 1 is 0.733 bits per heavy atom. The number of aliphatic hydroxyl groups excluding tert-OH is 1. The number of aryl methyl sites for hydroxylation is 1. The summed E-state index contributed by atoms with van der Waals surface area (Å²) in [5.41, 5.74) is 18.7. The number of aromatic nitrogens is 6. The number of carbonyl (C=O) groups is 2. The quantitative estimate of drug-likeness (QED) is 0.0873. The lowest BCUT2D eigenvalue weighted by Gasteiger charge is -2.40. The Morgan fingerprint density at radius 2 is 1.23 bits per heavy atom. The van der Waals surface area contributed by atoms with Crippen molar-refractivity contribution in [3.63, 3.8) is 0 Å². The van der Waals surface area contributed by atoms with Crippen LogP contribution in [0, 0.1) is 0 Å². The maximum atomic E-state index is 12.7. The number of hydrogen-bond donors (Lipinski definition) is 2. The fourth-order valence-corrected chi connectivity index (χ4v) is 10.4. The van der Waals surface area contributed by atoms with Crippen LogP contribution in [-0.2, 0) is 16.5 Å². The van der Waals surface area contributed by atoms with Crippen LogP contribution in [0.4, 0.5) is 9.59 Å². The van der Waals surface area contributed by atoms with Crippen LogP contribution in [0.25, 0.3) is 33.7 Å². The van der Waals surface area contributed by atoms with Gasteiger partial charge in [0.2, 0.25) is 0 Å². The summed E-state index contributed by atoms with van der Waals surface area (Å²) in [6.45, 7) is 16.0. The van der Waals surface area contributed by atoms with Gasteiger partial charge in [-0.2, -0.15) is 0 Å². The second-order valence-electron chi connectivity index (χ2n) is 20.9. The Bertz CT molecular complexity index is 3160. The number of fused-ring (bicyclic) bond motifs is 4. The molecule has 10 rings (SSSR count). The number of nitrogens with one attached hydrogen (secondary N) is 1. The second kappa shape index (κ2) is 22.0. The maximum Gasteiger partial charge on any atom is 0.410 e. The number of hydrogen-bond acceptors (Lipinski definition) is 12. The van der Waals surface area contributed by atoms with Gasteiger partial charge in [-0.3, -0.25) is 19.8 Å². The molecule has 0 bridgehead atoms. The number of benzene rings is 2. The Labute approximate surface area is 446 Å². The Balaban J connectivity index is 0.000000184. The van der Waals surface area contributed by atoms with E-state index in [9.17, 15) is 20.2 Å². The fourth-order valence-electron chi connectivity index (χ4n) is 10.1. The number of imidazole rings is 2. The van der Waals surface area contributed by atoms with E-state index in [0.29, 0.717) is 73.8 Å². The van der Waals surface area contributed by atoms with Gasteiger partial charge in [0.05, 0.1) is 48.0 Å². The first-order chi connectivity index (χ1) is 35.9. The summed E-state index contributed by atoms with van der Waals surface area (Å²) < 4.78 is 13.0. The molecule has 20 heteroatoms. The van der Waals surface area contributed by atoms with Crippen molar-refractivity contribution in [3.8, 4) is 0 Å². The van der Waals surface area contributed by atoms with Gasteiger partial charge in [0.15, 0.2) is 0 Å². The number of halogens is 2. The maximum absolute atomic E-state index is 12.7. The van der Waals surface area contributed by atoms with Gasteiger partial charge in [-0.05, 0) is 140 Å². The molecule has 2 amide bonds. The predicted octanol–water partition coefficient (Wildman–Crippen LogP) is 10.7. The Morgan fingerprint density at radius 3 is 1.67 bits per heavy atom. The van der Waals surface area contributed by atoms with E-state index in [1.165, 1.54) is 0 Å². The smallest absolute Gasteiger partial charge is 0.410 e. The summed E-state index contributed by atoms with van der Waals surface area (Å²) in [6.07, 6.45) is 12.7. The standard InChI is InChI=1S/C28H32ClN5O3.C27H29ClN8O2/c1-28(2,3)37-27(36)34-12-10-33(11-13-34)25-20-8-7-19(29)15-21(20)22(14-18-6-5-9-31-24(18)25)26(35)23-16-30-17-32(23)4;1-27(2,3)38-26(37)36-11-9-35(10-12-36)25-19-7-6-18(28)14-20(19)21(13-17-5-4-8-31-23(17)25)24(33-34-29)22-15-30-16-32-22/h5-9,14-17,25-26,35H,10-13H2,1-4H3;4-8,13-16,24-25H,9-12H2,1-3H3,(H,30,32). The van der Waals surface area contributed by atoms with Crippen LogP contribution in [0.1, 0.15) is 122 Å². The van der Waals surface area contributed by atoms with Gasteiger partial charge in [-0.15, -0.1) is 0 Å². The molecule has 6 heterocycles. The van der Waals surface area contributed by atoms with Crippen LogP contribution < -0.4 is 0 Å². The average molecular weight is 1060 g/mol. The number of aliphatic hydroxyl groups is 1. The summed E-state index contributed by atoms with van der Waals surface area (Å²) in [6, 6.07) is 18.4. The van der Waals surface area contributed by atoms with Crippen LogP contribution in [0.15, 0.2) is 103 Å². The Kier molecular flexibility index (Phi) is 15.5. The molecule has 0 radical (unpaired) electrons. The van der Waals surface area contributed by atoms with Gasteiger partial charge >= 0.3 is 12.2 Å². The van der Waals surface area contributed by atoms with E-state index >= 15 is 0 Å². The van der Waals surface area contributed by atoms with Crippen molar-refractivity contribution in [2.45, 2.75) is 77.0 Å². The van der Waals surface area contributed by atoms with E-state index in [2.05, 4.69) is 34.8 Å². The number of H-pyrrole nitrogens is 1. The molecule has 390 valence electrons. The molecule has 2 N–H and O–H groups in total. The van der Waals surface area contributed by atoms with E-state index in [0.717, 1.165) is 55.9 Å². The van der Waals surface area contributed by atoms with Crippen molar-refractivity contribution < 1.29 is 24.2 Å². The number of nitrogens with zero attached hydrogens (tertiary/aromatic N) is 12. The number of azide groups is 1. The van der Waals surface area contributed by atoms with E-state index in [4.69, 9.17) is 42.6 Å². The zero-order valence-electron chi connectivity index (χ0n) is 43.1. The minimum Gasteiger partial charge on any atom is -0.444 e. The van der Waals surface area contributed by atoms with Gasteiger partial charge in [0, 0.05) is 98.6 Å². The zero-order valence-corrected chi connectivity index (χ0v) is 44.6. The van der Waals surface area contributed by atoms with Crippen LogP contribution in [-0.4, -0.2) is 130 Å². The second-order valence-corrected chi connectivity index (χ2v) is 21.7. The van der Waals surface area contributed by atoms with Gasteiger partial charge in [0.25, 0.3) is 0 Å². The van der Waals surface area contributed by atoms with Crippen LogP contribution in [0.5, 0.6) is 0 Å². The SMILES string of the molecule is CC(C)(C)OC(=O)N1CCN(C2c3ccc(Cl)cc3C(C(N=[N+]=[N-])c3cnc[nH]3)=Cc3cccnc32)CC1.Cn1cncc1C(O)C1=Cc2cccnc2C(N2CCN(C(=O)OC(C)(C)C)CC2)c2ccc(Cl)cc21. The molecular formula is C55H61Cl2N13O5. The third kappa shape index (κ3) is 11.8. The number of rotatable bonds is 7. The van der Waals surface area contributed by atoms with Crippen molar-refractivity contribution in [3.05, 3.63) is 175 Å². The molecule has 18 nitrogen and oxygen atoms in total. The van der Waals surface area contributed by atoms with Crippen LogP contribution >= 0.6 is 23.2 Å². The zero-order chi connectivity index (χ0) is 53.2. The lowest BCUT2D eigenvalue weighted by molar-refractivity contribution is 0.0109. The molecule has 2 aromatic carbocycles. The van der Waals surface area contributed by atoms with E-state index in [-0.39, 0.29) is 24.3 Å². The molecule has 0 saturated carbocycles. The highest BCUT2D eigenvalue weighted by molar-refractivity contribution is 6.31. The highest BCUT2D eigenvalue weighted by atomic mass is 35.5. The molecular weight excluding hydrogens is 994 g/mol. The molecule has 2 saturated heterocycles. The van der Waals surface area contributed by atoms with Crippen molar-refractivity contribution >= 4 is 58.7 Å². The summed E-state index contributed by atoms with van der Waals surface area (Å²) in [5, 5.41) is 16.8. The van der Waals surface area contributed by atoms with Crippen LogP contribution in [0.2, 0.25) is 10.0 Å². The highest BCUT2D eigenvalue weighted by Gasteiger charge is 2.38. The fraction of sp³-hybridized carbons (Fsp3) is 0.382. The minimum atomic E-state index is -0.902. The van der Waals surface area contributed by atoms with Gasteiger partial charge in [-0.25, -0.2) is 19.6 Å². The Hall–Kier alpha value is -7.05. The monoisotopic (exact) mass is 1050 g/mol. The third-order valence-electron chi connectivity index (χ3n) is 13.5. The first-order valence-corrected chi connectivity index (χ1v) is 25.7. The van der Waals surface area contributed by atoms with Gasteiger partial charge in [0.1, 0.15) is 23.3 Å². The van der Waals surface area contributed by atoms with E-state index < -0.39 is 23.3 Å². The minimum absolute atomic E-state index is 0.170. The molecule has 4 unspecified atom stereocenters.